The van der Waals surface area contributed by atoms with Gasteiger partial charge in [-0.15, -0.1) is 0 Å². The summed E-state index contributed by atoms with van der Waals surface area (Å²) in [5.74, 6) is 0. The smallest absolute Gasteiger partial charge is 0.0587 e. The largest absolute Gasteiger partial charge is 0.395 e. The summed E-state index contributed by atoms with van der Waals surface area (Å²) >= 11 is 0. The van der Waals surface area contributed by atoms with Crippen LogP contribution in [-0.4, -0.2) is 37.4 Å². The van der Waals surface area contributed by atoms with Crippen molar-refractivity contribution >= 4 is 0 Å². The van der Waals surface area contributed by atoms with Crippen molar-refractivity contribution in [1.82, 2.24) is 10.6 Å². The van der Waals surface area contributed by atoms with Gasteiger partial charge in [-0.3, -0.25) is 0 Å². The minimum absolute atomic E-state index is 0.150. The van der Waals surface area contributed by atoms with E-state index in [4.69, 9.17) is 0 Å². The number of nitrogens with one attached hydrogen (secondary N) is 2. The quantitative estimate of drug-likeness (QED) is 0.368. The Hall–Kier alpha value is -0.900. The first-order valence-corrected chi connectivity index (χ1v) is 10.5. The topological polar surface area (TPSA) is 44.3 Å². The molecule has 0 saturated heterocycles. The van der Waals surface area contributed by atoms with Crippen molar-refractivity contribution in [3.8, 4) is 0 Å². The number of benzene rings is 1. The van der Waals surface area contributed by atoms with Gasteiger partial charge in [0.2, 0.25) is 0 Å². The average molecular weight is 349 g/mol. The summed E-state index contributed by atoms with van der Waals surface area (Å²) in [6, 6.07) is 10.5. The molecule has 3 N–H and O–H groups in total. The lowest BCUT2D eigenvalue weighted by molar-refractivity contribution is 0.242. The number of hydrogen-bond donors (Lipinski definition) is 3. The van der Waals surface area contributed by atoms with Crippen molar-refractivity contribution in [3.05, 3.63) is 35.9 Å². The third-order valence-electron chi connectivity index (χ3n) is 4.74. The monoisotopic (exact) mass is 348 g/mol. The van der Waals surface area contributed by atoms with Crippen LogP contribution >= 0.6 is 0 Å². The van der Waals surface area contributed by atoms with Gasteiger partial charge in [-0.2, -0.15) is 0 Å². The number of hydrogen-bond acceptors (Lipinski definition) is 3. The second-order valence-corrected chi connectivity index (χ2v) is 7.10. The first-order valence-electron chi connectivity index (χ1n) is 10.5. The fourth-order valence-corrected chi connectivity index (χ4v) is 3.15. The SMILES string of the molecule is CCCCCCCCCCCNCCN[C@H](CO)Cc1ccccc1. The molecule has 144 valence electrons. The zero-order valence-corrected chi connectivity index (χ0v) is 16.3. The molecule has 0 fully saturated rings. The highest BCUT2D eigenvalue weighted by Gasteiger charge is 2.06. The van der Waals surface area contributed by atoms with E-state index in [9.17, 15) is 5.11 Å². The second-order valence-electron chi connectivity index (χ2n) is 7.10. The van der Waals surface area contributed by atoms with E-state index in [2.05, 4.69) is 41.8 Å². The van der Waals surface area contributed by atoms with Gasteiger partial charge in [-0.1, -0.05) is 88.6 Å². The Labute approximate surface area is 155 Å². The summed E-state index contributed by atoms with van der Waals surface area (Å²) in [6.45, 7) is 5.46. The third-order valence-corrected chi connectivity index (χ3v) is 4.74. The lowest BCUT2D eigenvalue weighted by Crippen LogP contribution is -2.39. The Morgan fingerprint density at radius 2 is 1.44 bits per heavy atom. The van der Waals surface area contributed by atoms with Crippen LogP contribution in [0, 0.1) is 0 Å². The van der Waals surface area contributed by atoms with Gasteiger partial charge in [0.05, 0.1) is 6.61 Å². The van der Waals surface area contributed by atoms with Crippen LogP contribution in [-0.2, 0) is 6.42 Å². The summed E-state index contributed by atoms with van der Waals surface area (Å²) in [5, 5.41) is 16.4. The highest BCUT2D eigenvalue weighted by Crippen LogP contribution is 2.09. The molecule has 0 aliphatic heterocycles. The zero-order chi connectivity index (χ0) is 18.0. The predicted molar refractivity (Wildman–Crippen MR) is 109 cm³/mol. The van der Waals surface area contributed by atoms with Crippen molar-refractivity contribution in [2.75, 3.05) is 26.2 Å². The van der Waals surface area contributed by atoms with E-state index in [1.807, 2.05) is 6.07 Å². The molecule has 3 heteroatoms. The summed E-state index contributed by atoms with van der Waals surface area (Å²) < 4.78 is 0. The van der Waals surface area contributed by atoms with E-state index in [0.29, 0.717) is 0 Å². The van der Waals surface area contributed by atoms with E-state index in [1.54, 1.807) is 0 Å². The van der Waals surface area contributed by atoms with E-state index in [-0.39, 0.29) is 12.6 Å². The Morgan fingerprint density at radius 3 is 2.08 bits per heavy atom. The van der Waals surface area contributed by atoms with Gasteiger partial charge >= 0.3 is 0 Å². The van der Waals surface area contributed by atoms with Gasteiger partial charge in [0.25, 0.3) is 0 Å². The van der Waals surface area contributed by atoms with Crippen LogP contribution in [0.4, 0.5) is 0 Å². The molecule has 0 heterocycles. The van der Waals surface area contributed by atoms with E-state index < -0.39 is 0 Å². The molecule has 0 saturated carbocycles. The molecule has 0 radical (unpaired) electrons. The van der Waals surface area contributed by atoms with Crippen LogP contribution < -0.4 is 10.6 Å². The van der Waals surface area contributed by atoms with Gasteiger partial charge in [-0.05, 0) is 24.9 Å². The maximum Gasteiger partial charge on any atom is 0.0587 e. The van der Waals surface area contributed by atoms with Gasteiger partial charge in [0, 0.05) is 19.1 Å². The van der Waals surface area contributed by atoms with Crippen LogP contribution in [0.2, 0.25) is 0 Å². The Kier molecular flexibility index (Phi) is 14.7. The van der Waals surface area contributed by atoms with Crippen molar-refractivity contribution in [3.63, 3.8) is 0 Å². The molecule has 0 amide bonds. The Bertz CT molecular complexity index is 383. The molecule has 1 aromatic rings. The van der Waals surface area contributed by atoms with Crippen LogP contribution in [0.3, 0.4) is 0 Å². The van der Waals surface area contributed by atoms with E-state index in [0.717, 1.165) is 26.1 Å². The second kappa shape index (κ2) is 16.6. The van der Waals surface area contributed by atoms with Gasteiger partial charge in [-0.25, -0.2) is 0 Å². The standard InChI is InChI=1S/C22H40N2O/c1-2-3-4-5-6-7-8-9-13-16-23-17-18-24-22(20-25)19-21-14-11-10-12-15-21/h10-12,14-15,22-25H,2-9,13,16-20H2,1H3/t22-/m0/s1. The van der Waals surface area contributed by atoms with Gasteiger partial charge in [0.15, 0.2) is 0 Å². The van der Waals surface area contributed by atoms with Gasteiger partial charge in [0.1, 0.15) is 0 Å². The molecule has 0 aliphatic carbocycles. The molecule has 3 nitrogen and oxygen atoms in total. The normalized spacial score (nSPS) is 12.4. The first kappa shape index (κ1) is 22.1. The van der Waals surface area contributed by atoms with Crippen molar-refractivity contribution in [1.29, 1.82) is 0 Å². The minimum atomic E-state index is 0.150. The summed E-state index contributed by atoms with van der Waals surface area (Å²) in [4.78, 5) is 0. The molecule has 1 rings (SSSR count). The highest BCUT2D eigenvalue weighted by molar-refractivity contribution is 5.15. The molecule has 0 unspecified atom stereocenters. The van der Waals surface area contributed by atoms with Crippen LogP contribution in [0.15, 0.2) is 30.3 Å². The van der Waals surface area contributed by atoms with Crippen LogP contribution in [0.1, 0.15) is 70.3 Å². The van der Waals surface area contributed by atoms with Crippen LogP contribution in [0.25, 0.3) is 0 Å². The maximum absolute atomic E-state index is 9.50. The molecular formula is C22H40N2O. The molecule has 0 spiro atoms. The van der Waals surface area contributed by atoms with Gasteiger partial charge < -0.3 is 15.7 Å². The van der Waals surface area contributed by atoms with E-state index in [1.165, 1.54) is 63.4 Å². The lowest BCUT2D eigenvalue weighted by atomic mass is 10.1. The summed E-state index contributed by atoms with van der Waals surface area (Å²) in [7, 11) is 0. The third kappa shape index (κ3) is 13.0. The summed E-state index contributed by atoms with van der Waals surface area (Å²) in [5.41, 5.74) is 1.27. The molecule has 0 bridgehead atoms. The highest BCUT2D eigenvalue weighted by atomic mass is 16.3. The predicted octanol–water partition coefficient (Wildman–Crippen LogP) is 4.30. The Morgan fingerprint density at radius 1 is 0.800 bits per heavy atom. The van der Waals surface area contributed by atoms with Crippen LogP contribution in [0.5, 0.6) is 0 Å². The summed E-state index contributed by atoms with van der Waals surface area (Å²) in [6.07, 6.45) is 13.3. The lowest BCUT2D eigenvalue weighted by Gasteiger charge is -2.16. The molecule has 1 aromatic carbocycles. The number of aliphatic hydroxyl groups is 1. The average Bonchev–Trinajstić information content (AvgIpc) is 2.65. The first-order chi connectivity index (χ1) is 12.4. The van der Waals surface area contributed by atoms with Crippen molar-refractivity contribution < 1.29 is 5.11 Å². The number of rotatable bonds is 17. The maximum atomic E-state index is 9.50. The fraction of sp³-hybridized carbons (Fsp3) is 0.727. The molecule has 1 atom stereocenters. The minimum Gasteiger partial charge on any atom is -0.395 e. The fourth-order valence-electron chi connectivity index (χ4n) is 3.15. The number of unbranched alkanes of at least 4 members (excludes halogenated alkanes) is 8. The zero-order valence-electron chi connectivity index (χ0n) is 16.3. The molecule has 0 aromatic heterocycles. The Balaban J connectivity index is 1.87. The number of aliphatic hydroxyl groups excluding tert-OH is 1. The molecule has 25 heavy (non-hydrogen) atoms. The molecule has 0 aliphatic rings. The van der Waals surface area contributed by atoms with Crippen molar-refractivity contribution in [2.45, 2.75) is 77.2 Å². The molecular weight excluding hydrogens is 308 g/mol. The van der Waals surface area contributed by atoms with Crippen molar-refractivity contribution in [2.24, 2.45) is 0 Å². The van der Waals surface area contributed by atoms with E-state index >= 15 is 0 Å².